The van der Waals surface area contributed by atoms with Gasteiger partial charge in [0.1, 0.15) is 0 Å². The van der Waals surface area contributed by atoms with Gasteiger partial charge < -0.3 is 15.1 Å². The molecule has 0 amide bonds. The van der Waals surface area contributed by atoms with Crippen LogP contribution < -0.4 is 5.32 Å². The third-order valence-electron chi connectivity index (χ3n) is 4.25. The highest BCUT2D eigenvalue weighted by Crippen LogP contribution is 2.15. The van der Waals surface area contributed by atoms with Crippen molar-refractivity contribution in [1.29, 1.82) is 0 Å². The fourth-order valence-electron chi connectivity index (χ4n) is 3.12. The lowest BCUT2D eigenvalue weighted by molar-refractivity contribution is 0.202. The van der Waals surface area contributed by atoms with Gasteiger partial charge in [0.25, 0.3) is 0 Å². The SMILES string of the molecule is CN1CCCCN(CC2CCNCC2)CCC1. The fourth-order valence-corrected chi connectivity index (χ4v) is 3.12. The summed E-state index contributed by atoms with van der Waals surface area (Å²) in [5, 5.41) is 3.46. The van der Waals surface area contributed by atoms with Crippen LogP contribution in [-0.4, -0.2) is 62.7 Å². The Morgan fingerprint density at radius 3 is 2.41 bits per heavy atom. The molecule has 2 heterocycles. The molecule has 3 nitrogen and oxygen atoms in total. The molecule has 2 fully saturated rings. The molecule has 2 aliphatic heterocycles. The second-order valence-electron chi connectivity index (χ2n) is 5.86. The Labute approximate surface area is 107 Å². The van der Waals surface area contributed by atoms with Gasteiger partial charge in [-0.05, 0) is 84.3 Å². The number of rotatable bonds is 2. The summed E-state index contributed by atoms with van der Waals surface area (Å²) >= 11 is 0. The lowest BCUT2D eigenvalue weighted by Crippen LogP contribution is -2.37. The Hall–Kier alpha value is -0.120. The van der Waals surface area contributed by atoms with Crippen molar-refractivity contribution in [3.8, 4) is 0 Å². The zero-order valence-electron chi connectivity index (χ0n) is 11.5. The van der Waals surface area contributed by atoms with Crippen LogP contribution in [0, 0.1) is 5.92 Å². The molecule has 17 heavy (non-hydrogen) atoms. The van der Waals surface area contributed by atoms with Gasteiger partial charge in [0.05, 0.1) is 0 Å². The Morgan fingerprint density at radius 2 is 1.59 bits per heavy atom. The van der Waals surface area contributed by atoms with E-state index in [4.69, 9.17) is 0 Å². The molecule has 2 rings (SSSR count). The lowest BCUT2D eigenvalue weighted by atomic mass is 9.97. The number of hydrogen-bond acceptors (Lipinski definition) is 3. The third kappa shape index (κ3) is 4.94. The van der Waals surface area contributed by atoms with E-state index in [-0.39, 0.29) is 0 Å². The van der Waals surface area contributed by atoms with E-state index in [1.54, 1.807) is 0 Å². The number of piperidine rings is 1. The fraction of sp³-hybridized carbons (Fsp3) is 1.00. The zero-order valence-corrected chi connectivity index (χ0v) is 11.5. The summed E-state index contributed by atoms with van der Waals surface area (Å²) in [5.74, 6) is 0.953. The van der Waals surface area contributed by atoms with Crippen LogP contribution in [0.25, 0.3) is 0 Å². The van der Waals surface area contributed by atoms with Crippen molar-refractivity contribution >= 4 is 0 Å². The largest absolute Gasteiger partial charge is 0.317 e. The van der Waals surface area contributed by atoms with E-state index in [9.17, 15) is 0 Å². The van der Waals surface area contributed by atoms with Crippen LogP contribution in [0.1, 0.15) is 32.1 Å². The predicted octanol–water partition coefficient (Wildman–Crippen LogP) is 1.40. The summed E-state index contributed by atoms with van der Waals surface area (Å²) in [6.07, 6.45) is 6.88. The highest BCUT2D eigenvalue weighted by molar-refractivity contribution is 4.73. The van der Waals surface area contributed by atoms with E-state index in [0.717, 1.165) is 5.92 Å². The van der Waals surface area contributed by atoms with Crippen LogP contribution in [0.4, 0.5) is 0 Å². The predicted molar refractivity (Wildman–Crippen MR) is 73.4 cm³/mol. The van der Waals surface area contributed by atoms with E-state index in [1.807, 2.05) is 0 Å². The highest BCUT2D eigenvalue weighted by atomic mass is 15.1. The molecule has 0 unspecified atom stereocenters. The summed E-state index contributed by atoms with van der Waals surface area (Å²) in [6.45, 7) is 9.05. The Morgan fingerprint density at radius 1 is 0.941 bits per heavy atom. The molecule has 0 aromatic carbocycles. The van der Waals surface area contributed by atoms with Crippen molar-refractivity contribution < 1.29 is 0 Å². The molecular weight excluding hydrogens is 210 g/mol. The molecule has 0 saturated carbocycles. The molecule has 0 spiro atoms. The molecule has 2 saturated heterocycles. The standard InChI is InChI=1S/C14H29N3/c1-16-9-2-3-11-17(12-4-10-16)13-14-5-7-15-8-6-14/h14-15H,2-13H2,1H3. The van der Waals surface area contributed by atoms with Crippen molar-refractivity contribution in [1.82, 2.24) is 15.1 Å². The Bertz CT molecular complexity index is 202. The summed E-state index contributed by atoms with van der Waals surface area (Å²) in [5.41, 5.74) is 0. The first-order valence-corrected chi connectivity index (χ1v) is 7.46. The highest BCUT2D eigenvalue weighted by Gasteiger charge is 2.17. The maximum atomic E-state index is 3.46. The van der Waals surface area contributed by atoms with Crippen molar-refractivity contribution in [3.63, 3.8) is 0 Å². The first-order chi connectivity index (χ1) is 8.34. The summed E-state index contributed by atoms with van der Waals surface area (Å²) in [7, 11) is 2.27. The first kappa shape index (κ1) is 13.3. The van der Waals surface area contributed by atoms with Gasteiger partial charge in [0.2, 0.25) is 0 Å². The van der Waals surface area contributed by atoms with E-state index < -0.39 is 0 Å². The Kier molecular flexibility index (Phi) is 5.75. The van der Waals surface area contributed by atoms with E-state index >= 15 is 0 Å². The molecule has 0 radical (unpaired) electrons. The smallest absolute Gasteiger partial charge is 0.00106 e. The monoisotopic (exact) mass is 239 g/mol. The minimum atomic E-state index is 0.953. The normalized spacial score (nSPS) is 27.4. The van der Waals surface area contributed by atoms with Crippen molar-refractivity contribution in [2.45, 2.75) is 32.1 Å². The van der Waals surface area contributed by atoms with E-state index in [1.165, 1.54) is 77.9 Å². The lowest BCUT2D eigenvalue weighted by Gasteiger charge is -2.29. The summed E-state index contributed by atoms with van der Waals surface area (Å²) in [6, 6.07) is 0. The van der Waals surface area contributed by atoms with Crippen LogP contribution in [0.15, 0.2) is 0 Å². The summed E-state index contributed by atoms with van der Waals surface area (Å²) < 4.78 is 0. The maximum Gasteiger partial charge on any atom is 0.00106 e. The van der Waals surface area contributed by atoms with Gasteiger partial charge in [-0.25, -0.2) is 0 Å². The minimum Gasteiger partial charge on any atom is -0.317 e. The zero-order chi connectivity index (χ0) is 11.9. The van der Waals surface area contributed by atoms with Crippen molar-refractivity contribution in [2.24, 2.45) is 5.92 Å². The molecule has 0 aliphatic carbocycles. The second-order valence-corrected chi connectivity index (χ2v) is 5.86. The third-order valence-corrected chi connectivity index (χ3v) is 4.25. The van der Waals surface area contributed by atoms with Crippen molar-refractivity contribution in [2.75, 3.05) is 52.9 Å². The van der Waals surface area contributed by atoms with Crippen LogP contribution in [0.5, 0.6) is 0 Å². The number of nitrogens with zero attached hydrogens (tertiary/aromatic N) is 2. The van der Waals surface area contributed by atoms with Crippen LogP contribution in [0.3, 0.4) is 0 Å². The molecule has 0 bridgehead atoms. The maximum absolute atomic E-state index is 3.46. The van der Waals surface area contributed by atoms with Crippen molar-refractivity contribution in [3.05, 3.63) is 0 Å². The quantitative estimate of drug-likeness (QED) is 0.786. The molecular formula is C14H29N3. The molecule has 1 N–H and O–H groups in total. The number of hydrogen-bond donors (Lipinski definition) is 1. The Balaban J connectivity index is 1.73. The average molecular weight is 239 g/mol. The summed E-state index contributed by atoms with van der Waals surface area (Å²) in [4.78, 5) is 5.23. The molecule has 2 aliphatic rings. The van der Waals surface area contributed by atoms with Gasteiger partial charge >= 0.3 is 0 Å². The van der Waals surface area contributed by atoms with Gasteiger partial charge in [-0.15, -0.1) is 0 Å². The number of nitrogens with one attached hydrogen (secondary N) is 1. The molecule has 3 heteroatoms. The van der Waals surface area contributed by atoms with E-state index in [0.29, 0.717) is 0 Å². The van der Waals surface area contributed by atoms with Gasteiger partial charge in [0, 0.05) is 6.54 Å². The van der Waals surface area contributed by atoms with Gasteiger partial charge in [-0.2, -0.15) is 0 Å². The second kappa shape index (κ2) is 7.34. The van der Waals surface area contributed by atoms with Crippen LogP contribution >= 0.6 is 0 Å². The van der Waals surface area contributed by atoms with Crippen LogP contribution in [0.2, 0.25) is 0 Å². The molecule has 100 valence electrons. The van der Waals surface area contributed by atoms with Gasteiger partial charge in [-0.3, -0.25) is 0 Å². The van der Waals surface area contributed by atoms with Gasteiger partial charge in [-0.1, -0.05) is 0 Å². The average Bonchev–Trinajstić information content (AvgIpc) is 2.44. The molecule has 0 aromatic rings. The van der Waals surface area contributed by atoms with E-state index in [2.05, 4.69) is 22.2 Å². The first-order valence-electron chi connectivity index (χ1n) is 7.46. The van der Waals surface area contributed by atoms with Crippen LogP contribution in [-0.2, 0) is 0 Å². The van der Waals surface area contributed by atoms with Gasteiger partial charge in [0.15, 0.2) is 0 Å². The topological polar surface area (TPSA) is 18.5 Å². The molecule has 0 aromatic heterocycles. The molecule has 0 atom stereocenters. The minimum absolute atomic E-state index is 0.953.